The summed E-state index contributed by atoms with van der Waals surface area (Å²) in [6.07, 6.45) is 7.33. The van der Waals surface area contributed by atoms with Crippen molar-refractivity contribution in [1.82, 2.24) is 19.9 Å². The maximum Gasteiger partial charge on any atom is 0.319 e. The van der Waals surface area contributed by atoms with E-state index in [0.29, 0.717) is 53.7 Å². The second-order valence-electron chi connectivity index (χ2n) is 11.6. The van der Waals surface area contributed by atoms with Gasteiger partial charge in [-0.3, -0.25) is 14.7 Å². The zero-order valence-corrected chi connectivity index (χ0v) is 22.8. The number of fused-ring (bicyclic) bond motifs is 3. The van der Waals surface area contributed by atoms with E-state index in [1.54, 1.807) is 30.3 Å². The lowest BCUT2D eigenvalue weighted by Crippen LogP contribution is -2.43. The largest absolute Gasteiger partial charge is 0.461 e. The van der Waals surface area contributed by atoms with Crippen LogP contribution in [0.25, 0.3) is 32.9 Å². The van der Waals surface area contributed by atoms with Crippen LogP contribution in [0.15, 0.2) is 42.6 Å². The molecule has 0 bridgehead atoms. The quantitative estimate of drug-likeness (QED) is 0.362. The van der Waals surface area contributed by atoms with Crippen molar-refractivity contribution in [1.29, 1.82) is 0 Å². The Labute approximate surface area is 236 Å². The van der Waals surface area contributed by atoms with E-state index in [4.69, 9.17) is 15.5 Å². The van der Waals surface area contributed by atoms with E-state index in [1.807, 2.05) is 4.90 Å². The fraction of sp³-hybridized carbons (Fsp3) is 0.419. The van der Waals surface area contributed by atoms with Crippen molar-refractivity contribution in [3.05, 3.63) is 54.2 Å². The highest BCUT2D eigenvalue weighted by Crippen LogP contribution is 2.40. The minimum absolute atomic E-state index is 0.00816. The molecule has 10 heteroatoms. The van der Waals surface area contributed by atoms with Gasteiger partial charge in [-0.15, -0.1) is 0 Å². The molecule has 1 amide bonds. The number of amides is 1. The molecule has 2 aromatic carbocycles. The average Bonchev–Trinajstić information content (AvgIpc) is 3.57. The summed E-state index contributed by atoms with van der Waals surface area (Å²) in [4.78, 5) is 30.3. The number of ether oxygens (including phenoxy) is 1. The third-order valence-electron chi connectivity index (χ3n) is 9.16. The van der Waals surface area contributed by atoms with Crippen LogP contribution in [0.2, 0.25) is 0 Å². The molecule has 0 aliphatic carbocycles. The highest BCUT2D eigenvalue weighted by molar-refractivity contribution is 5.99. The van der Waals surface area contributed by atoms with Crippen LogP contribution in [0.4, 0.5) is 14.6 Å². The summed E-state index contributed by atoms with van der Waals surface area (Å²) in [6, 6.07) is 10.1. The van der Waals surface area contributed by atoms with Gasteiger partial charge in [-0.1, -0.05) is 30.3 Å². The second-order valence-corrected chi connectivity index (χ2v) is 11.6. The van der Waals surface area contributed by atoms with Crippen molar-refractivity contribution in [3.63, 3.8) is 0 Å². The zero-order valence-electron chi connectivity index (χ0n) is 22.8. The summed E-state index contributed by atoms with van der Waals surface area (Å²) in [5.74, 6) is -1.36. The van der Waals surface area contributed by atoms with Crippen LogP contribution >= 0.6 is 0 Å². The summed E-state index contributed by atoms with van der Waals surface area (Å²) in [5, 5.41) is 1.36. The molecule has 0 saturated carbocycles. The summed E-state index contributed by atoms with van der Waals surface area (Å²) in [7, 11) is 0. The van der Waals surface area contributed by atoms with Crippen LogP contribution < -0.4 is 15.4 Å². The lowest BCUT2D eigenvalue weighted by molar-refractivity contribution is -0.122. The van der Waals surface area contributed by atoms with Crippen LogP contribution in [0.3, 0.4) is 0 Å². The van der Waals surface area contributed by atoms with Gasteiger partial charge in [0.15, 0.2) is 5.82 Å². The number of rotatable bonds is 6. The maximum atomic E-state index is 16.5. The summed E-state index contributed by atoms with van der Waals surface area (Å²) in [5.41, 5.74) is 6.02. The lowest BCUT2D eigenvalue weighted by Gasteiger charge is -2.33. The molecule has 3 fully saturated rings. The maximum absolute atomic E-state index is 16.5. The molecule has 41 heavy (non-hydrogen) atoms. The topological polar surface area (TPSA) is 97.5 Å². The number of carbonyl (C=O) groups is 1. The molecule has 3 saturated heterocycles. The predicted molar refractivity (Wildman–Crippen MR) is 153 cm³/mol. The molecule has 8 nitrogen and oxygen atoms in total. The van der Waals surface area contributed by atoms with Gasteiger partial charge in [-0.25, -0.2) is 8.78 Å². The molecule has 1 unspecified atom stereocenters. The van der Waals surface area contributed by atoms with Gasteiger partial charge in [0, 0.05) is 30.2 Å². The van der Waals surface area contributed by atoms with Crippen molar-refractivity contribution >= 4 is 33.4 Å². The number of carbonyl (C=O) groups excluding carboxylic acids is 1. The molecule has 3 aliphatic rings. The summed E-state index contributed by atoms with van der Waals surface area (Å²) < 4.78 is 37.7. The fourth-order valence-electron chi connectivity index (χ4n) is 7.07. The first-order valence-electron chi connectivity index (χ1n) is 14.4. The van der Waals surface area contributed by atoms with Gasteiger partial charge in [-0.05, 0) is 63.1 Å². The Bertz CT molecular complexity index is 1650. The van der Waals surface area contributed by atoms with Crippen LogP contribution in [0.5, 0.6) is 6.01 Å². The van der Waals surface area contributed by atoms with Gasteiger partial charge in [0.2, 0.25) is 5.91 Å². The zero-order chi connectivity index (χ0) is 28.1. The molecule has 1 atom stereocenters. The Kier molecular flexibility index (Phi) is 6.45. The monoisotopic (exact) mass is 558 g/mol. The van der Waals surface area contributed by atoms with Crippen molar-refractivity contribution in [2.24, 2.45) is 11.7 Å². The van der Waals surface area contributed by atoms with Crippen LogP contribution in [-0.2, 0) is 4.79 Å². The van der Waals surface area contributed by atoms with E-state index in [9.17, 15) is 9.18 Å². The highest BCUT2D eigenvalue weighted by Gasteiger charge is 2.45. The number of hydrogen-bond acceptors (Lipinski definition) is 7. The molecule has 0 spiro atoms. The van der Waals surface area contributed by atoms with Crippen molar-refractivity contribution in [2.75, 3.05) is 37.7 Å². The van der Waals surface area contributed by atoms with E-state index in [1.165, 1.54) is 12.3 Å². The Balaban J connectivity index is 1.35. The minimum atomic E-state index is -0.670. The van der Waals surface area contributed by atoms with Crippen LogP contribution in [0.1, 0.15) is 38.5 Å². The first-order chi connectivity index (χ1) is 19.9. The van der Waals surface area contributed by atoms with Gasteiger partial charge in [-0.2, -0.15) is 9.97 Å². The number of primary amides is 1. The van der Waals surface area contributed by atoms with E-state index >= 15 is 4.39 Å². The van der Waals surface area contributed by atoms with Crippen LogP contribution in [0, 0.1) is 17.6 Å². The smallest absolute Gasteiger partial charge is 0.319 e. The van der Waals surface area contributed by atoms with Crippen molar-refractivity contribution in [2.45, 2.75) is 44.1 Å². The van der Waals surface area contributed by atoms with E-state index < -0.39 is 11.6 Å². The third-order valence-corrected chi connectivity index (χ3v) is 9.16. The average molecular weight is 559 g/mol. The molecule has 7 rings (SSSR count). The Hall–Kier alpha value is -3.92. The Morgan fingerprint density at radius 3 is 2.61 bits per heavy atom. The molecule has 3 aliphatic heterocycles. The summed E-state index contributed by atoms with van der Waals surface area (Å²) >= 11 is 0. The molecule has 0 radical (unpaired) electrons. The number of aromatic nitrogens is 3. The number of anilines is 1. The van der Waals surface area contributed by atoms with Gasteiger partial charge in [0.25, 0.3) is 0 Å². The van der Waals surface area contributed by atoms with E-state index in [-0.39, 0.29) is 34.6 Å². The minimum Gasteiger partial charge on any atom is -0.461 e. The highest BCUT2D eigenvalue weighted by atomic mass is 19.1. The van der Waals surface area contributed by atoms with Gasteiger partial charge >= 0.3 is 6.01 Å². The van der Waals surface area contributed by atoms with Crippen molar-refractivity contribution in [3.8, 4) is 17.3 Å². The first-order valence-corrected chi connectivity index (χ1v) is 14.4. The molecule has 4 aromatic rings. The lowest BCUT2D eigenvalue weighted by atomic mass is 9.95. The standard InChI is InChI=1S/C31H32F2N6O2/c32-23-10-2-7-19-6-1-9-21(24(19)23)26-25(33)27-22(16-35-26)29(38-13-3-8-20(17-38)28(34)40)37-30(36-27)41-18-31-11-4-14-39(31)15-5-12-31/h1-2,6-7,9-10,16,20H,3-5,8,11-15,17-18H2,(H2,34,40). The van der Waals surface area contributed by atoms with Gasteiger partial charge in [0.1, 0.15) is 29.5 Å². The van der Waals surface area contributed by atoms with Crippen LogP contribution in [-0.4, -0.2) is 64.1 Å². The third kappa shape index (κ3) is 4.45. The van der Waals surface area contributed by atoms with Gasteiger partial charge in [0.05, 0.1) is 16.8 Å². The number of benzene rings is 2. The number of pyridine rings is 1. The SMILES string of the molecule is NC(=O)C1CCCN(c2nc(OCC34CCCN3CCC4)nc3c(F)c(-c4cccc5cccc(F)c45)ncc23)C1. The molecule has 5 heterocycles. The number of hydrogen-bond donors (Lipinski definition) is 1. The molecular formula is C31H32F2N6O2. The number of halogens is 2. The molecule has 212 valence electrons. The van der Waals surface area contributed by atoms with Crippen molar-refractivity contribution < 1.29 is 18.3 Å². The Morgan fingerprint density at radius 2 is 1.83 bits per heavy atom. The molecule has 2 N–H and O–H groups in total. The number of nitrogens with zero attached hydrogens (tertiary/aromatic N) is 5. The number of piperidine rings is 1. The van der Waals surface area contributed by atoms with E-state index in [0.717, 1.165) is 45.2 Å². The molecule has 2 aromatic heterocycles. The molecular weight excluding hydrogens is 526 g/mol. The van der Waals surface area contributed by atoms with Gasteiger partial charge < -0.3 is 15.4 Å². The van der Waals surface area contributed by atoms with E-state index in [2.05, 4.69) is 14.9 Å². The second kappa shape index (κ2) is 10.2. The normalized spacial score (nSPS) is 20.5. The fourth-order valence-corrected chi connectivity index (χ4v) is 7.07. The summed E-state index contributed by atoms with van der Waals surface area (Å²) in [6.45, 7) is 3.54. The Morgan fingerprint density at radius 1 is 1.05 bits per heavy atom. The number of nitrogens with two attached hydrogens (primary N) is 1. The predicted octanol–water partition coefficient (Wildman–Crippen LogP) is 4.83. The first kappa shape index (κ1) is 26.0.